The van der Waals surface area contributed by atoms with E-state index in [-0.39, 0.29) is 22.0 Å². The highest BCUT2D eigenvalue weighted by molar-refractivity contribution is 9.10. The number of aliphatic hydroxyl groups excluding tert-OH is 1. The number of ketones is 1. The third-order valence-electron chi connectivity index (χ3n) is 5.24. The lowest BCUT2D eigenvalue weighted by Gasteiger charge is -2.23. The van der Waals surface area contributed by atoms with E-state index in [0.29, 0.717) is 11.1 Å². The molecule has 1 N–H and O–H groups in total. The van der Waals surface area contributed by atoms with Gasteiger partial charge in [0, 0.05) is 15.6 Å². The van der Waals surface area contributed by atoms with Crippen LogP contribution in [0.15, 0.2) is 82.8 Å². The van der Waals surface area contributed by atoms with Crippen molar-refractivity contribution in [3.05, 3.63) is 99.8 Å². The van der Waals surface area contributed by atoms with Crippen molar-refractivity contribution in [1.29, 1.82) is 0 Å². The van der Waals surface area contributed by atoms with Crippen LogP contribution in [0.4, 0.5) is 9.52 Å². The summed E-state index contributed by atoms with van der Waals surface area (Å²) in [5.74, 6) is -2.70. The predicted octanol–water partition coefficient (Wildman–Crippen LogP) is 5.82. The first-order chi connectivity index (χ1) is 15.5. The van der Waals surface area contributed by atoms with Crippen molar-refractivity contribution < 1.29 is 19.1 Å². The monoisotopic (exact) mass is 508 g/mol. The topological polar surface area (TPSA) is 70.5 Å². The van der Waals surface area contributed by atoms with Crippen molar-refractivity contribution in [2.24, 2.45) is 0 Å². The van der Waals surface area contributed by atoms with Crippen LogP contribution >= 0.6 is 27.3 Å². The number of rotatable bonds is 3. The lowest BCUT2D eigenvalue weighted by atomic mass is 9.95. The molecule has 1 aliphatic rings. The number of hydrogen-bond donors (Lipinski definition) is 1. The number of nitrogens with zero attached hydrogens (tertiary/aromatic N) is 2. The molecule has 2 heterocycles. The third kappa shape index (κ3) is 3.32. The maximum absolute atomic E-state index is 14.9. The molecular weight excluding hydrogens is 495 g/mol. The number of aromatic nitrogens is 1. The Morgan fingerprint density at radius 2 is 1.75 bits per heavy atom. The van der Waals surface area contributed by atoms with Gasteiger partial charge in [0.1, 0.15) is 17.6 Å². The van der Waals surface area contributed by atoms with Gasteiger partial charge in [-0.25, -0.2) is 9.37 Å². The summed E-state index contributed by atoms with van der Waals surface area (Å²) in [6.45, 7) is 0. The van der Waals surface area contributed by atoms with Gasteiger partial charge in [-0.1, -0.05) is 75.8 Å². The van der Waals surface area contributed by atoms with Crippen LogP contribution in [-0.4, -0.2) is 21.8 Å². The van der Waals surface area contributed by atoms with Gasteiger partial charge in [-0.3, -0.25) is 14.5 Å². The summed E-state index contributed by atoms with van der Waals surface area (Å²) in [6.07, 6.45) is 0. The minimum atomic E-state index is -1.15. The largest absolute Gasteiger partial charge is 0.507 e. The zero-order chi connectivity index (χ0) is 22.4. The fourth-order valence-electron chi connectivity index (χ4n) is 3.76. The van der Waals surface area contributed by atoms with Crippen molar-refractivity contribution >= 4 is 60.1 Å². The standard InChI is InChI=1S/C24H14BrFN2O3S/c25-14-10-11-17-18(12-14)32-24(27-17)28-20(15-8-4-5-9-16(15)26)19(22(30)23(28)31)21(29)13-6-2-1-3-7-13/h1-12,20,29H/t20-/m1/s1. The first-order valence-corrected chi connectivity index (χ1v) is 11.2. The molecule has 1 fully saturated rings. The Labute approximate surface area is 194 Å². The normalized spacial score (nSPS) is 17.9. The molecule has 4 aromatic rings. The lowest BCUT2D eigenvalue weighted by molar-refractivity contribution is -0.132. The fraction of sp³-hybridized carbons (Fsp3) is 0.0417. The Kier molecular flexibility index (Phi) is 5.11. The number of halogens is 2. The highest BCUT2D eigenvalue weighted by Gasteiger charge is 2.49. The number of aliphatic hydroxyl groups is 1. The van der Waals surface area contributed by atoms with Gasteiger partial charge < -0.3 is 5.11 Å². The van der Waals surface area contributed by atoms with E-state index in [0.717, 1.165) is 9.17 Å². The third-order valence-corrected chi connectivity index (χ3v) is 6.75. The number of benzene rings is 3. The van der Waals surface area contributed by atoms with E-state index in [2.05, 4.69) is 20.9 Å². The number of carbonyl (C=O) groups excluding carboxylic acids is 2. The van der Waals surface area contributed by atoms with E-state index in [9.17, 15) is 19.1 Å². The number of hydrogen-bond acceptors (Lipinski definition) is 5. The van der Waals surface area contributed by atoms with Crippen LogP contribution in [0.5, 0.6) is 0 Å². The molecule has 1 amide bonds. The van der Waals surface area contributed by atoms with Crippen LogP contribution in [0.1, 0.15) is 17.2 Å². The van der Waals surface area contributed by atoms with Crippen LogP contribution in [0.3, 0.4) is 0 Å². The van der Waals surface area contributed by atoms with Crippen LogP contribution in [-0.2, 0) is 9.59 Å². The first-order valence-electron chi connectivity index (χ1n) is 9.62. The van der Waals surface area contributed by atoms with Gasteiger partial charge in [0.25, 0.3) is 5.78 Å². The van der Waals surface area contributed by atoms with Crippen molar-refractivity contribution in [2.45, 2.75) is 6.04 Å². The predicted molar refractivity (Wildman–Crippen MR) is 125 cm³/mol. The molecule has 158 valence electrons. The Balaban J connectivity index is 1.76. The van der Waals surface area contributed by atoms with E-state index in [4.69, 9.17) is 0 Å². The minimum absolute atomic E-state index is 0.101. The average molecular weight is 509 g/mol. The van der Waals surface area contributed by atoms with E-state index in [1.165, 1.54) is 34.4 Å². The van der Waals surface area contributed by atoms with Gasteiger partial charge in [0.2, 0.25) is 0 Å². The Morgan fingerprint density at radius 1 is 1.03 bits per heavy atom. The second-order valence-electron chi connectivity index (χ2n) is 7.17. The maximum atomic E-state index is 14.9. The summed E-state index contributed by atoms with van der Waals surface area (Å²) >= 11 is 4.63. The van der Waals surface area contributed by atoms with E-state index >= 15 is 0 Å². The number of carbonyl (C=O) groups is 2. The van der Waals surface area contributed by atoms with Crippen molar-refractivity contribution in [3.63, 3.8) is 0 Å². The summed E-state index contributed by atoms with van der Waals surface area (Å²) in [7, 11) is 0. The molecule has 0 aliphatic carbocycles. The van der Waals surface area contributed by atoms with E-state index < -0.39 is 23.5 Å². The molecule has 5 nitrogen and oxygen atoms in total. The molecule has 0 bridgehead atoms. The summed E-state index contributed by atoms with van der Waals surface area (Å²) in [5.41, 5.74) is 0.932. The number of anilines is 1. The lowest BCUT2D eigenvalue weighted by Crippen LogP contribution is -2.29. The second-order valence-corrected chi connectivity index (χ2v) is 9.09. The summed E-state index contributed by atoms with van der Waals surface area (Å²) in [6, 6.07) is 18.6. The van der Waals surface area contributed by atoms with Crippen LogP contribution in [0, 0.1) is 5.82 Å². The van der Waals surface area contributed by atoms with E-state index in [1.807, 2.05) is 12.1 Å². The summed E-state index contributed by atoms with van der Waals surface area (Å²) in [4.78, 5) is 32.0. The molecule has 1 atom stereocenters. The molecule has 1 saturated heterocycles. The van der Waals surface area contributed by atoms with Crippen LogP contribution < -0.4 is 4.90 Å². The van der Waals surface area contributed by atoms with Gasteiger partial charge in [0.15, 0.2) is 5.13 Å². The number of amides is 1. The van der Waals surface area contributed by atoms with Gasteiger partial charge in [-0.2, -0.15) is 0 Å². The number of Topliss-reactive ketones (excluding diaryl/α,β-unsaturated/α-hetero) is 1. The molecule has 0 saturated carbocycles. The molecule has 0 unspecified atom stereocenters. The maximum Gasteiger partial charge on any atom is 0.301 e. The number of thiazole rings is 1. The molecule has 1 aliphatic heterocycles. The zero-order valence-electron chi connectivity index (χ0n) is 16.3. The molecule has 0 radical (unpaired) electrons. The fourth-order valence-corrected chi connectivity index (χ4v) is 5.31. The van der Waals surface area contributed by atoms with Gasteiger partial charge in [-0.15, -0.1) is 0 Å². The summed E-state index contributed by atoms with van der Waals surface area (Å²) < 4.78 is 16.5. The van der Waals surface area contributed by atoms with Crippen molar-refractivity contribution in [1.82, 2.24) is 4.98 Å². The zero-order valence-corrected chi connectivity index (χ0v) is 18.7. The highest BCUT2D eigenvalue weighted by Crippen LogP contribution is 2.45. The molecule has 0 spiro atoms. The second kappa shape index (κ2) is 7.96. The van der Waals surface area contributed by atoms with Gasteiger partial charge in [0.05, 0.1) is 15.8 Å². The quantitative estimate of drug-likeness (QED) is 0.215. The Bertz CT molecular complexity index is 1420. The summed E-state index contributed by atoms with van der Waals surface area (Å²) in [5, 5.41) is 11.3. The first kappa shape index (κ1) is 20.5. The van der Waals surface area contributed by atoms with Crippen LogP contribution in [0.2, 0.25) is 0 Å². The molecule has 5 rings (SSSR count). The van der Waals surface area contributed by atoms with Crippen molar-refractivity contribution in [2.75, 3.05) is 4.90 Å². The molecule has 1 aromatic heterocycles. The van der Waals surface area contributed by atoms with Gasteiger partial charge in [-0.05, 0) is 24.3 Å². The van der Waals surface area contributed by atoms with Crippen LogP contribution in [0.25, 0.3) is 16.0 Å². The Morgan fingerprint density at radius 3 is 2.50 bits per heavy atom. The van der Waals surface area contributed by atoms with E-state index in [1.54, 1.807) is 42.5 Å². The van der Waals surface area contributed by atoms with Crippen molar-refractivity contribution in [3.8, 4) is 0 Å². The molecule has 8 heteroatoms. The number of fused-ring (bicyclic) bond motifs is 1. The van der Waals surface area contributed by atoms with Gasteiger partial charge >= 0.3 is 5.91 Å². The SMILES string of the molecule is O=C1C(=O)N(c2nc3ccc(Br)cc3s2)[C@H](c2ccccc2F)C1=C(O)c1ccccc1. The smallest absolute Gasteiger partial charge is 0.301 e. The average Bonchev–Trinajstić information content (AvgIpc) is 3.32. The Hall–Kier alpha value is -3.36. The molecule has 32 heavy (non-hydrogen) atoms. The minimum Gasteiger partial charge on any atom is -0.507 e. The molecular formula is C24H14BrFN2O3S. The highest BCUT2D eigenvalue weighted by atomic mass is 79.9. The molecule has 3 aromatic carbocycles.